The minimum Gasteiger partial charge on any atom is -0.423 e. The number of carbonyl (C=O) groups excluding carboxylic acids is 1. The van der Waals surface area contributed by atoms with Crippen LogP contribution in [0.3, 0.4) is 0 Å². The zero-order valence-corrected chi connectivity index (χ0v) is 10.5. The van der Waals surface area contributed by atoms with E-state index in [1.807, 2.05) is 25.1 Å². The first-order chi connectivity index (χ1) is 9.24. The van der Waals surface area contributed by atoms with Crippen LogP contribution >= 0.6 is 0 Å². The fourth-order valence-electron chi connectivity index (χ4n) is 1.90. The summed E-state index contributed by atoms with van der Waals surface area (Å²) in [5, 5.41) is 13.5. The van der Waals surface area contributed by atoms with Crippen molar-refractivity contribution in [3.63, 3.8) is 0 Å². The molecule has 0 atom stereocenters. The predicted molar refractivity (Wildman–Crippen MR) is 69.5 cm³/mol. The van der Waals surface area contributed by atoms with Crippen LogP contribution in [0.4, 0.5) is 5.69 Å². The number of nitrogens with zero attached hydrogens (tertiary/aromatic N) is 2. The van der Waals surface area contributed by atoms with Gasteiger partial charge in [0, 0.05) is 24.3 Å². The number of hydrogen-bond donors (Lipinski definition) is 2. The Bertz CT molecular complexity index is 591. The summed E-state index contributed by atoms with van der Waals surface area (Å²) in [6.07, 6.45) is 1.29. The molecule has 2 N–H and O–H groups in total. The van der Waals surface area contributed by atoms with Crippen LogP contribution in [-0.4, -0.2) is 29.2 Å². The molecule has 1 aliphatic heterocycles. The number of aromatic nitrogens is 2. The van der Waals surface area contributed by atoms with Crippen LogP contribution in [-0.2, 0) is 4.79 Å². The molecule has 1 saturated heterocycles. The fraction of sp³-hybridized carbons (Fsp3) is 0.308. The van der Waals surface area contributed by atoms with Gasteiger partial charge in [0.1, 0.15) is 0 Å². The van der Waals surface area contributed by atoms with Crippen LogP contribution in [0, 0.1) is 12.8 Å². The van der Waals surface area contributed by atoms with Crippen LogP contribution in [0.2, 0.25) is 0 Å². The van der Waals surface area contributed by atoms with Crippen molar-refractivity contribution in [1.29, 1.82) is 0 Å². The smallest absolute Gasteiger partial charge is 0.247 e. The Labute approximate surface area is 110 Å². The van der Waals surface area contributed by atoms with Gasteiger partial charge in [0.2, 0.25) is 18.2 Å². The van der Waals surface area contributed by atoms with E-state index in [9.17, 15) is 4.79 Å². The van der Waals surface area contributed by atoms with Gasteiger partial charge in [-0.3, -0.25) is 4.79 Å². The van der Waals surface area contributed by atoms with Crippen LogP contribution in [0.15, 0.2) is 29.0 Å². The third kappa shape index (κ3) is 2.34. The molecule has 0 unspecified atom stereocenters. The third-order valence-corrected chi connectivity index (χ3v) is 3.25. The zero-order chi connectivity index (χ0) is 13.2. The van der Waals surface area contributed by atoms with E-state index in [2.05, 4.69) is 20.8 Å². The van der Waals surface area contributed by atoms with Gasteiger partial charge in [-0.2, -0.15) is 0 Å². The van der Waals surface area contributed by atoms with Gasteiger partial charge in [-0.15, -0.1) is 10.2 Å². The average Bonchev–Trinajstić information content (AvgIpc) is 2.83. The lowest BCUT2D eigenvalue weighted by Gasteiger charge is -2.26. The first-order valence-corrected chi connectivity index (χ1v) is 6.13. The van der Waals surface area contributed by atoms with Crippen molar-refractivity contribution in [1.82, 2.24) is 15.5 Å². The van der Waals surface area contributed by atoms with Crippen molar-refractivity contribution in [2.45, 2.75) is 6.92 Å². The van der Waals surface area contributed by atoms with Crippen LogP contribution in [0.1, 0.15) is 5.56 Å². The molecule has 98 valence electrons. The minimum atomic E-state index is 0.0459. The van der Waals surface area contributed by atoms with Gasteiger partial charge in [-0.1, -0.05) is 6.07 Å². The van der Waals surface area contributed by atoms with Crippen LogP contribution < -0.4 is 10.6 Å². The molecular formula is C13H14N4O2. The van der Waals surface area contributed by atoms with Crippen molar-refractivity contribution in [3.05, 3.63) is 30.2 Å². The lowest BCUT2D eigenvalue weighted by molar-refractivity contribution is -0.121. The molecule has 2 heterocycles. The van der Waals surface area contributed by atoms with E-state index in [4.69, 9.17) is 4.42 Å². The summed E-state index contributed by atoms with van der Waals surface area (Å²) in [6, 6.07) is 5.67. The maximum absolute atomic E-state index is 11.9. The second-order valence-corrected chi connectivity index (χ2v) is 4.62. The van der Waals surface area contributed by atoms with Crippen molar-refractivity contribution < 1.29 is 9.21 Å². The topological polar surface area (TPSA) is 80.1 Å². The predicted octanol–water partition coefficient (Wildman–Crippen LogP) is 1.20. The molecule has 0 saturated carbocycles. The molecule has 0 bridgehead atoms. The average molecular weight is 258 g/mol. The minimum absolute atomic E-state index is 0.0459. The number of anilines is 1. The molecule has 1 amide bonds. The van der Waals surface area contributed by atoms with E-state index in [1.165, 1.54) is 6.39 Å². The quantitative estimate of drug-likeness (QED) is 0.864. The standard InChI is InChI=1S/C13H14N4O2/c1-8-2-3-9(13-17-15-7-19-13)4-11(8)16-12(18)10-5-14-6-10/h2-4,7,10,14H,5-6H2,1H3,(H,16,18). The van der Waals surface area contributed by atoms with E-state index < -0.39 is 0 Å². The van der Waals surface area contributed by atoms with Crippen molar-refractivity contribution in [3.8, 4) is 11.5 Å². The maximum Gasteiger partial charge on any atom is 0.247 e. The van der Waals surface area contributed by atoms with Gasteiger partial charge in [0.25, 0.3) is 0 Å². The molecule has 1 aromatic heterocycles. The summed E-state index contributed by atoms with van der Waals surface area (Å²) in [7, 11) is 0. The van der Waals surface area contributed by atoms with Gasteiger partial charge < -0.3 is 15.1 Å². The van der Waals surface area contributed by atoms with E-state index in [0.29, 0.717) is 5.89 Å². The third-order valence-electron chi connectivity index (χ3n) is 3.25. The molecule has 2 aromatic rings. The molecule has 0 spiro atoms. The maximum atomic E-state index is 11.9. The highest BCUT2D eigenvalue weighted by atomic mass is 16.4. The summed E-state index contributed by atoms with van der Waals surface area (Å²) in [5.41, 5.74) is 2.58. The SMILES string of the molecule is Cc1ccc(-c2nnco2)cc1NC(=O)C1CNC1. The molecule has 3 rings (SSSR count). The number of benzene rings is 1. The van der Waals surface area contributed by atoms with E-state index >= 15 is 0 Å². The van der Waals surface area contributed by atoms with Gasteiger partial charge >= 0.3 is 0 Å². The van der Waals surface area contributed by atoms with Crippen molar-refractivity contribution in [2.75, 3.05) is 18.4 Å². The van der Waals surface area contributed by atoms with E-state index in [-0.39, 0.29) is 11.8 Å². The Kier molecular flexibility index (Phi) is 3.00. The molecule has 6 heteroatoms. The summed E-state index contributed by atoms with van der Waals surface area (Å²) in [4.78, 5) is 11.9. The second kappa shape index (κ2) is 4.81. The molecule has 19 heavy (non-hydrogen) atoms. The van der Waals surface area contributed by atoms with E-state index in [1.54, 1.807) is 0 Å². The van der Waals surface area contributed by atoms with E-state index in [0.717, 1.165) is 29.9 Å². The fourth-order valence-corrected chi connectivity index (χ4v) is 1.90. The number of carbonyl (C=O) groups is 1. The van der Waals surface area contributed by atoms with Gasteiger partial charge in [-0.05, 0) is 24.6 Å². The molecule has 1 aliphatic rings. The Morgan fingerprint density at radius 2 is 2.32 bits per heavy atom. The van der Waals surface area contributed by atoms with Gasteiger partial charge in [0.15, 0.2) is 0 Å². The molecular weight excluding hydrogens is 244 g/mol. The molecule has 1 aromatic carbocycles. The van der Waals surface area contributed by atoms with Crippen LogP contribution in [0.5, 0.6) is 0 Å². The Morgan fingerprint density at radius 1 is 1.47 bits per heavy atom. The summed E-state index contributed by atoms with van der Waals surface area (Å²) in [5.74, 6) is 0.553. The number of rotatable bonds is 3. The number of hydrogen-bond acceptors (Lipinski definition) is 5. The number of nitrogens with one attached hydrogen (secondary N) is 2. The lowest BCUT2D eigenvalue weighted by Crippen LogP contribution is -2.48. The summed E-state index contributed by atoms with van der Waals surface area (Å²) < 4.78 is 5.15. The molecule has 0 aliphatic carbocycles. The molecule has 0 radical (unpaired) electrons. The zero-order valence-electron chi connectivity index (χ0n) is 10.5. The molecule has 6 nitrogen and oxygen atoms in total. The highest BCUT2D eigenvalue weighted by Gasteiger charge is 2.25. The Morgan fingerprint density at radius 3 is 2.95 bits per heavy atom. The van der Waals surface area contributed by atoms with Crippen LogP contribution in [0.25, 0.3) is 11.5 Å². The second-order valence-electron chi connectivity index (χ2n) is 4.62. The lowest BCUT2D eigenvalue weighted by atomic mass is 10.0. The normalized spacial score (nSPS) is 15.0. The summed E-state index contributed by atoms with van der Waals surface area (Å²) in [6.45, 7) is 3.44. The Hall–Kier alpha value is -2.21. The van der Waals surface area contributed by atoms with Crippen molar-refractivity contribution in [2.24, 2.45) is 5.92 Å². The Balaban J connectivity index is 1.83. The molecule has 1 fully saturated rings. The van der Waals surface area contributed by atoms with Gasteiger partial charge in [0.05, 0.1) is 5.92 Å². The largest absolute Gasteiger partial charge is 0.423 e. The highest BCUT2D eigenvalue weighted by Crippen LogP contribution is 2.24. The number of amides is 1. The van der Waals surface area contributed by atoms with Gasteiger partial charge in [-0.25, -0.2) is 0 Å². The first kappa shape index (κ1) is 11.9. The van der Waals surface area contributed by atoms with Crippen molar-refractivity contribution >= 4 is 11.6 Å². The summed E-state index contributed by atoms with van der Waals surface area (Å²) >= 11 is 0. The number of aryl methyl sites for hydroxylation is 1. The monoisotopic (exact) mass is 258 g/mol. The highest BCUT2D eigenvalue weighted by molar-refractivity contribution is 5.94. The first-order valence-electron chi connectivity index (χ1n) is 6.13.